The first-order valence-electron chi connectivity index (χ1n) is 9.92. The summed E-state index contributed by atoms with van der Waals surface area (Å²) in [6.07, 6.45) is 0.873. The lowest BCUT2D eigenvalue weighted by atomic mass is 10.2. The van der Waals surface area contributed by atoms with Gasteiger partial charge in [-0.1, -0.05) is 36.4 Å². The Labute approximate surface area is 178 Å². The molecule has 3 heterocycles. The summed E-state index contributed by atoms with van der Waals surface area (Å²) >= 11 is 0. The summed E-state index contributed by atoms with van der Waals surface area (Å²) in [5, 5.41) is 19.7. The molecule has 4 aromatic rings. The highest BCUT2D eigenvalue weighted by molar-refractivity contribution is 5.84. The Kier molecular flexibility index (Phi) is 4.66. The predicted octanol–water partition coefficient (Wildman–Crippen LogP) is 4.23. The number of aromatic nitrogens is 3. The van der Waals surface area contributed by atoms with Crippen molar-refractivity contribution in [3.05, 3.63) is 77.6 Å². The average molecular weight is 415 g/mol. The molecular weight excluding hydrogens is 394 g/mol. The number of hydrogen-bond acceptors (Lipinski definition) is 5. The molecule has 2 aromatic heterocycles. The molecule has 2 N–H and O–H groups in total. The molecule has 0 saturated heterocycles. The zero-order chi connectivity index (χ0) is 21.4. The highest BCUT2D eigenvalue weighted by Crippen LogP contribution is 2.32. The van der Waals surface area contributed by atoms with Crippen molar-refractivity contribution in [1.82, 2.24) is 19.7 Å². The van der Waals surface area contributed by atoms with Crippen molar-refractivity contribution in [2.45, 2.75) is 19.6 Å². The van der Waals surface area contributed by atoms with Gasteiger partial charge in [-0.05, 0) is 29.1 Å². The van der Waals surface area contributed by atoms with E-state index in [1.54, 1.807) is 7.11 Å². The van der Waals surface area contributed by atoms with Crippen LogP contribution in [0.15, 0.2) is 60.8 Å². The predicted molar refractivity (Wildman–Crippen MR) is 117 cm³/mol. The Bertz CT molecular complexity index is 1270. The molecule has 31 heavy (non-hydrogen) atoms. The van der Waals surface area contributed by atoms with Crippen LogP contribution in [0.4, 0.5) is 16.4 Å². The van der Waals surface area contributed by atoms with Crippen molar-refractivity contribution < 1.29 is 14.6 Å². The van der Waals surface area contributed by atoms with Crippen molar-refractivity contribution in [2.24, 2.45) is 0 Å². The molecule has 5 rings (SSSR count). The van der Waals surface area contributed by atoms with Gasteiger partial charge in [0.1, 0.15) is 11.6 Å². The second kappa shape index (κ2) is 7.64. The molecule has 0 fully saturated rings. The molecule has 8 nitrogen and oxygen atoms in total. The first-order valence-corrected chi connectivity index (χ1v) is 9.92. The topological polar surface area (TPSA) is 92.5 Å². The lowest BCUT2D eigenvalue weighted by Gasteiger charge is -2.13. The van der Waals surface area contributed by atoms with Gasteiger partial charge in [-0.3, -0.25) is 9.58 Å². The number of nitrogens with zero attached hydrogens (tertiary/aromatic N) is 4. The molecule has 156 valence electrons. The lowest BCUT2D eigenvalue weighted by Crippen LogP contribution is -2.24. The number of ether oxygens (including phenoxy) is 1. The largest absolute Gasteiger partial charge is 0.497 e. The fourth-order valence-corrected chi connectivity index (χ4v) is 3.85. The molecule has 0 unspecified atom stereocenters. The third kappa shape index (κ3) is 3.63. The van der Waals surface area contributed by atoms with E-state index in [1.165, 1.54) is 4.90 Å². The molecule has 0 saturated carbocycles. The van der Waals surface area contributed by atoms with Crippen LogP contribution in [0.25, 0.3) is 10.8 Å². The first-order chi connectivity index (χ1) is 15.1. The molecule has 1 amide bonds. The molecule has 0 bridgehead atoms. The van der Waals surface area contributed by atoms with Crippen LogP contribution in [0.5, 0.6) is 5.75 Å². The van der Waals surface area contributed by atoms with E-state index in [4.69, 9.17) is 9.84 Å². The Morgan fingerprint density at radius 2 is 1.90 bits per heavy atom. The zero-order valence-electron chi connectivity index (χ0n) is 16.9. The van der Waals surface area contributed by atoms with Crippen molar-refractivity contribution in [3.8, 4) is 5.75 Å². The Balaban J connectivity index is 1.48. The zero-order valence-corrected chi connectivity index (χ0v) is 16.9. The summed E-state index contributed by atoms with van der Waals surface area (Å²) in [5.74, 6) is 2.09. The molecule has 0 radical (unpaired) electrons. The number of carbonyl (C=O) groups is 1. The smallest absolute Gasteiger partial charge is 0.407 e. The summed E-state index contributed by atoms with van der Waals surface area (Å²) in [6, 6.07) is 17.7. The number of rotatable bonds is 5. The maximum atomic E-state index is 11.6. The quantitative estimate of drug-likeness (QED) is 0.507. The van der Waals surface area contributed by atoms with E-state index in [9.17, 15) is 9.90 Å². The van der Waals surface area contributed by atoms with Crippen molar-refractivity contribution in [2.75, 3.05) is 12.4 Å². The fraction of sp³-hybridized carbons (Fsp3) is 0.174. The van der Waals surface area contributed by atoms with E-state index in [0.29, 0.717) is 31.3 Å². The van der Waals surface area contributed by atoms with Gasteiger partial charge in [-0.25, -0.2) is 9.78 Å². The van der Waals surface area contributed by atoms with Crippen molar-refractivity contribution in [3.63, 3.8) is 0 Å². The van der Waals surface area contributed by atoms with Gasteiger partial charge in [0, 0.05) is 17.1 Å². The van der Waals surface area contributed by atoms with Gasteiger partial charge in [0.15, 0.2) is 5.82 Å². The summed E-state index contributed by atoms with van der Waals surface area (Å²) in [4.78, 5) is 17.4. The number of fused-ring (bicyclic) bond motifs is 2. The third-order valence-corrected chi connectivity index (χ3v) is 5.50. The van der Waals surface area contributed by atoms with Gasteiger partial charge in [-0.15, -0.1) is 0 Å². The van der Waals surface area contributed by atoms with Crippen molar-refractivity contribution in [1.29, 1.82) is 0 Å². The Hall–Kier alpha value is -4.07. The average Bonchev–Trinajstić information content (AvgIpc) is 3.36. The van der Waals surface area contributed by atoms with Crippen LogP contribution >= 0.6 is 0 Å². The molecule has 0 aliphatic carbocycles. The van der Waals surface area contributed by atoms with E-state index in [1.807, 2.05) is 65.5 Å². The summed E-state index contributed by atoms with van der Waals surface area (Å²) in [6.45, 7) is 1.14. The molecule has 0 spiro atoms. The minimum Gasteiger partial charge on any atom is -0.497 e. The molecule has 2 aromatic carbocycles. The van der Waals surface area contributed by atoms with E-state index in [-0.39, 0.29) is 0 Å². The molecule has 1 aliphatic rings. The fourth-order valence-electron chi connectivity index (χ4n) is 3.85. The van der Waals surface area contributed by atoms with Crippen LogP contribution in [0.3, 0.4) is 0 Å². The number of hydrogen-bond donors (Lipinski definition) is 2. The number of methoxy groups -OCH3 is 1. The first kappa shape index (κ1) is 18.9. The minimum absolute atomic E-state index is 0.295. The Morgan fingerprint density at radius 3 is 2.65 bits per heavy atom. The SMILES string of the molecule is COc1ccc(Cn2nc(Nc3cc4ccccc4cn3)c3c2CN(C(=O)O)C3)cc1. The molecule has 8 heteroatoms. The number of amides is 1. The third-order valence-electron chi connectivity index (χ3n) is 5.50. The van der Waals surface area contributed by atoms with Crippen LogP contribution in [0.2, 0.25) is 0 Å². The second-order valence-corrected chi connectivity index (χ2v) is 7.46. The highest BCUT2D eigenvalue weighted by Gasteiger charge is 2.30. The molecular formula is C23H21N5O3. The number of benzene rings is 2. The van der Waals surface area contributed by atoms with E-state index in [0.717, 1.165) is 33.3 Å². The van der Waals surface area contributed by atoms with Crippen LogP contribution in [0.1, 0.15) is 16.8 Å². The number of pyridine rings is 1. The summed E-state index contributed by atoms with van der Waals surface area (Å²) in [7, 11) is 1.63. The van der Waals surface area contributed by atoms with Gasteiger partial charge in [0.05, 0.1) is 32.4 Å². The summed E-state index contributed by atoms with van der Waals surface area (Å²) in [5.41, 5.74) is 2.82. The number of anilines is 2. The van der Waals surface area contributed by atoms with Gasteiger partial charge in [-0.2, -0.15) is 5.10 Å². The van der Waals surface area contributed by atoms with Crippen LogP contribution < -0.4 is 10.1 Å². The van der Waals surface area contributed by atoms with E-state index in [2.05, 4.69) is 10.3 Å². The highest BCUT2D eigenvalue weighted by atomic mass is 16.5. The monoisotopic (exact) mass is 415 g/mol. The van der Waals surface area contributed by atoms with Crippen LogP contribution in [-0.2, 0) is 19.6 Å². The van der Waals surface area contributed by atoms with Gasteiger partial charge in [0.2, 0.25) is 0 Å². The van der Waals surface area contributed by atoms with Gasteiger partial charge >= 0.3 is 6.09 Å². The second-order valence-electron chi connectivity index (χ2n) is 7.46. The normalized spacial score (nSPS) is 12.7. The summed E-state index contributed by atoms with van der Waals surface area (Å²) < 4.78 is 7.09. The molecule has 0 atom stereocenters. The number of nitrogens with one attached hydrogen (secondary N) is 1. The van der Waals surface area contributed by atoms with E-state index >= 15 is 0 Å². The standard InChI is InChI=1S/C23H21N5O3/c1-31-18-8-6-15(7-9-18)12-28-20-14-27(23(29)30)13-19(20)22(26-28)25-21-10-16-4-2-3-5-17(16)11-24-21/h2-11H,12-14H2,1H3,(H,29,30)(H,24,25,26). The van der Waals surface area contributed by atoms with Gasteiger partial charge < -0.3 is 15.2 Å². The van der Waals surface area contributed by atoms with Gasteiger partial charge in [0.25, 0.3) is 0 Å². The van der Waals surface area contributed by atoms with Crippen molar-refractivity contribution >= 4 is 28.5 Å². The lowest BCUT2D eigenvalue weighted by molar-refractivity contribution is 0.144. The minimum atomic E-state index is -0.943. The van der Waals surface area contributed by atoms with Crippen LogP contribution in [-0.4, -0.2) is 38.0 Å². The number of carboxylic acid groups (broad SMARTS) is 1. The maximum Gasteiger partial charge on any atom is 0.407 e. The van der Waals surface area contributed by atoms with Crippen LogP contribution in [0, 0.1) is 0 Å². The maximum absolute atomic E-state index is 11.6. The van der Waals surface area contributed by atoms with E-state index < -0.39 is 6.09 Å². The Morgan fingerprint density at radius 1 is 1.13 bits per heavy atom. The molecule has 1 aliphatic heterocycles.